The van der Waals surface area contributed by atoms with Crippen molar-refractivity contribution in [3.63, 3.8) is 0 Å². The number of hydrogen-bond acceptors (Lipinski definition) is 2. The van der Waals surface area contributed by atoms with E-state index in [0.29, 0.717) is 24.9 Å². The fraction of sp³-hybridized carbons (Fsp3) is 0.467. The molecule has 0 radical (unpaired) electrons. The molecule has 0 spiro atoms. The summed E-state index contributed by atoms with van der Waals surface area (Å²) in [6.45, 7) is 11.0. The third-order valence-corrected chi connectivity index (χ3v) is 3.04. The molecular formula is C15H21ClO2. The van der Waals surface area contributed by atoms with Crippen LogP contribution in [0.3, 0.4) is 0 Å². The highest BCUT2D eigenvalue weighted by Gasteiger charge is 2.14. The molecule has 100 valence electrons. The zero-order chi connectivity index (χ0) is 13.5. The van der Waals surface area contributed by atoms with Crippen LogP contribution < -0.4 is 9.47 Å². The Balaban J connectivity index is 3.12. The predicted molar refractivity (Wildman–Crippen MR) is 77.0 cm³/mol. The lowest BCUT2D eigenvalue weighted by Crippen LogP contribution is -2.01. The molecule has 1 unspecified atom stereocenters. The first kappa shape index (κ1) is 14.9. The van der Waals surface area contributed by atoms with E-state index in [1.165, 1.54) is 0 Å². The SMILES string of the molecule is C=CCC(C)c1cc(OCC)c(OCC)cc1Cl. The molecule has 2 nitrogen and oxygen atoms in total. The minimum atomic E-state index is 0.324. The van der Waals surface area contributed by atoms with Gasteiger partial charge in [-0.25, -0.2) is 0 Å². The molecule has 0 saturated heterocycles. The van der Waals surface area contributed by atoms with E-state index >= 15 is 0 Å². The summed E-state index contributed by atoms with van der Waals surface area (Å²) in [4.78, 5) is 0. The van der Waals surface area contributed by atoms with Gasteiger partial charge < -0.3 is 9.47 Å². The van der Waals surface area contributed by atoms with Gasteiger partial charge >= 0.3 is 0 Å². The van der Waals surface area contributed by atoms with Crippen LogP contribution in [0.4, 0.5) is 0 Å². The van der Waals surface area contributed by atoms with Crippen LogP contribution in [0.15, 0.2) is 24.8 Å². The van der Waals surface area contributed by atoms with Crippen LogP contribution in [0.2, 0.25) is 5.02 Å². The average Bonchev–Trinajstić information content (AvgIpc) is 2.33. The van der Waals surface area contributed by atoms with E-state index in [1.54, 1.807) is 0 Å². The Hall–Kier alpha value is -1.15. The van der Waals surface area contributed by atoms with Crippen molar-refractivity contribution < 1.29 is 9.47 Å². The van der Waals surface area contributed by atoms with Gasteiger partial charge in [-0.05, 0) is 37.8 Å². The van der Waals surface area contributed by atoms with Crippen LogP contribution >= 0.6 is 11.6 Å². The van der Waals surface area contributed by atoms with E-state index in [-0.39, 0.29) is 0 Å². The van der Waals surface area contributed by atoms with Crippen molar-refractivity contribution in [1.82, 2.24) is 0 Å². The monoisotopic (exact) mass is 268 g/mol. The lowest BCUT2D eigenvalue weighted by molar-refractivity contribution is 0.287. The van der Waals surface area contributed by atoms with Crippen molar-refractivity contribution in [1.29, 1.82) is 0 Å². The highest BCUT2D eigenvalue weighted by molar-refractivity contribution is 6.31. The van der Waals surface area contributed by atoms with Gasteiger partial charge in [0.05, 0.1) is 13.2 Å². The van der Waals surface area contributed by atoms with Crippen LogP contribution in [0, 0.1) is 0 Å². The lowest BCUT2D eigenvalue weighted by atomic mass is 9.97. The summed E-state index contributed by atoms with van der Waals surface area (Å²) in [5.74, 6) is 1.79. The Morgan fingerprint density at radius 3 is 2.28 bits per heavy atom. The molecule has 0 heterocycles. The maximum Gasteiger partial charge on any atom is 0.162 e. The Kier molecular flexibility index (Phi) is 6.06. The van der Waals surface area contributed by atoms with Crippen molar-refractivity contribution in [3.8, 4) is 11.5 Å². The molecule has 18 heavy (non-hydrogen) atoms. The van der Waals surface area contributed by atoms with Crippen LogP contribution in [0.25, 0.3) is 0 Å². The molecule has 0 fully saturated rings. The first-order valence-corrected chi connectivity index (χ1v) is 6.71. The molecule has 1 aromatic rings. The average molecular weight is 269 g/mol. The topological polar surface area (TPSA) is 18.5 Å². The zero-order valence-corrected chi connectivity index (χ0v) is 12.1. The fourth-order valence-electron chi connectivity index (χ4n) is 1.84. The van der Waals surface area contributed by atoms with Crippen molar-refractivity contribution in [3.05, 3.63) is 35.4 Å². The highest BCUT2D eigenvalue weighted by Crippen LogP contribution is 2.37. The third kappa shape index (κ3) is 3.67. The van der Waals surface area contributed by atoms with Gasteiger partial charge in [-0.15, -0.1) is 6.58 Å². The van der Waals surface area contributed by atoms with Gasteiger partial charge in [0.15, 0.2) is 11.5 Å². The Labute approximate surface area is 115 Å². The molecule has 1 rings (SSSR count). The van der Waals surface area contributed by atoms with E-state index in [2.05, 4.69) is 13.5 Å². The van der Waals surface area contributed by atoms with Gasteiger partial charge in [-0.2, -0.15) is 0 Å². The van der Waals surface area contributed by atoms with Crippen molar-refractivity contribution in [2.75, 3.05) is 13.2 Å². The number of hydrogen-bond donors (Lipinski definition) is 0. The summed E-state index contributed by atoms with van der Waals surface area (Å²) >= 11 is 6.30. The van der Waals surface area contributed by atoms with Gasteiger partial charge in [0.1, 0.15) is 0 Å². The smallest absolute Gasteiger partial charge is 0.162 e. The molecule has 0 saturated carbocycles. The second kappa shape index (κ2) is 7.32. The van der Waals surface area contributed by atoms with Gasteiger partial charge in [0.25, 0.3) is 0 Å². The van der Waals surface area contributed by atoms with Gasteiger partial charge in [-0.1, -0.05) is 24.6 Å². The van der Waals surface area contributed by atoms with E-state index < -0.39 is 0 Å². The molecule has 1 atom stereocenters. The summed E-state index contributed by atoms with van der Waals surface area (Å²) in [5, 5.41) is 0.719. The summed E-state index contributed by atoms with van der Waals surface area (Å²) in [5.41, 5.74) is 1.07. The van der Waals surface area contributed by atoms with Crippen LogP contribution in [0.1, 0.15) is 38.7 Å². The lowest BCUT2D eigenvalue weighted by Gasteiger charge is -2.17. The first-order valence-electron chi connectivity index (χ1n) is 6.33. The Bertz CT molecular complexity index is 402. The minimum Gasteiger partial charge on any atom is -0.490 e. The van der Waals surface area contributed by atoms with E-state index in [1.807, 2.05) is 32.1 Å². The van der Waals surface area contributed by atoms with Crippen LogP contribution in [-0.4, -0.2) is 13.2 Å². The summed E-state index contributed by atoms with van der Waals surface area (Å²) < 4.78 is 11.1. The number of rotatable bonds is 7. The van der Waals surface area contributed by atoms with Crippen molar-refractivity contribution in [2.45, 2.75) is 33.1 Å². The van der Waals surface area contributed by atoms with Gasteiger partial charge in [0.2, 0.25) is 0 Å². The van der Waals surface area contributed by atoms with E-state index in [9.17, 15) is 0 Å². The van der Waals surface area contributed by atoms with Gasteiger partial charge in [-0.3, -0.25) is 0 Å². The summed E-state index contributed by atoms with van der Waals surface area (Å²) in [6.07, 6.45) is 2.79. The summed E-state index contributed by atoms with van der Waals surface area (Å²) in [6, 6.07) is 3.82. The van der Waals surface area contributed by atoms with Crippen LogP contribution in [0.5, 0.6) is 11.5 Å². The molecule has 0 aliphatic rings. The zero-order valence-electron chi connectivity index (χ0n) is 11.3. The van der Waals surface area contributed by atoms with E-state index in [0.717, 1.165) is 22.8 Å². The highest BCUT2D eigenvalue weighted by atomic mass is 35.5. The molecule has 0 aliphatic carbocycles. The maximum absolute atomic E-state index is 6.30. The normalized spacial score (nSPS) is 12.0. The number of ether oxygens (including phenoxy) is 2. The molecule has 0 N–H and O–H groups in total. The van der Waals surface area contributed by atoms with Crippen molar-refractivity contribution >= 4 is 11.6 Å². The molecule has 3 heteroatoms. The summed E-state index contributed by atoms with van der Waals surface area (Å²) in [7, 11) is 0. The molecule has 0 amide bonds. The van der Waals surface area contributed by atoms with Crippen molar-refractivity contribution in [2.24, 2.45) is 0 Å². The largest absolute Gasteiger partial charge is 0.490 e. The number of halogens is 1. The second-order valence-corrected chi connectivity index (χ2v) is 4.52. The first-order chi connectivity index (χ1) is 8.63. The third-order valence-electron chi connectivity index (χ3n) is 2.71. The molecular weight excluding hydrogens is 248 g/mol. The standard InChI is InChI=1S/C15H21ClO2/c1-5-8-11(4)12-9-14(17-6-2)15(18-7-3)10-13(12)16/h5,9-11H,1,6-8H2,2-4H3. The van der Waals surface area contributed by atoms with E-state index in [4.69, 9.17) is 21.1 Å². The quantitative estimate of drug-likeness (QED) is 0.660. The number of benzene rings is 1. The van der Waals surface area contributed by atoms with Gasteiger partial charge in [0, 0.05) is 11.1 Å². The molecule has 0 aliphatic heterocycles. The molecule has 1 aromatic carbocycles. The fourth-order valence-corrected chi connectivity index (χ4v) is 2.18. The second-order valence-electron chi connectivity index (χ2n) is 4.11. The van der Waals surface area contributed by atoms with Crippen LogP contribution in [-0.2, 0) is 0 Å². The molecule has 0 bridgehead atoms. The Morgan fingerprint density at radius 2 is 1.78 bits per heavy atom. The number of allylic oxidation sites excluding steroid dienone is 1. The maximum atomic E-state index is 6.30. The minimum absolute atomic E-state index is 0.324. The predicted octanol–water partition coefficient (Wildman–Crippen LogP) is 4.82. The molecule has 0 aromatic heterocycles. The Morgan fingerprint density at radius 1 is 1.22 bits per heavy atom.